The molecule has 1 atom stereocenters. The van der Waals surface area contributed by atoms with E-state index in [1.165, 1.54) is 7.11 Å². The number of nitrogens with one attached hydrogen (secondary N) is 1. The number of carbonyl (C=O) groups is 1. The van der Waals surface area contributed by atoms with Gasteiger partial charge in [0, 0.05) is 0 Å². The van der Waals surface area contributed by atoms with Gasteiger partial charge in [0.15, 0.2) is 0 Å². The molecule has 1 N–H and O–H groups in total. The molecular weight excluding hydrogens is 306 g/mol. The minimum absolute atomic E-state index is 0.0931. The lowest BCUT2D eigenvalue weighted by molar-refractivity contribution is -0.145. The summed E-state index contributed by atoms with van der Waals surface area (Å²) >= 11 is 0. The molecule has 1 rings (SSSR count). The lowest BCUT2D eigenvalue weighted by Crippen LogP contribution is -2.46. The van der Waals surface area contributed by atoms with Gasteiger partial charge in [-0.05, 0) is 26.3 Å². The van der Waals surface area contributed by atoms with E-state index in [9.17, 15) is 13.2 Å². The van der Waals surface area contributed by atoms with Crippen molar-refractivity contribution in [3.63, 3.8) is 0 Å². The lowest BCUT2D eigenvalue weighted by Gasteiger charge is -2.23. The first kappa shape index (κ1) is 18.6. The third-order valence-corrected chi connectivity index (χ3v) is 4.05. The van der Waals surface area contributed by atoms with E-state index in [2.05, 4.69) is 9.46 Å². The third-order valence-electron chi connectivity index (χ3n) is 2.69. The number of sulfonamides is 1. The van der Waals surface area contributed by atoms with Gasteiger partial charge in [-0.2, -0.15) is 4.72 Å². The highest BCUT2D eigenvalue weighted by Gasteiger charge is 2.27. The summed E-state index contributed by atoms with van der Waals surface area (Å²) in [4.78, 5) is 11.7. The number of benzene rings is 1. The molecule has 0 bridgehead atoms. The first-order valence-electron chi connectivity index (χ1n) is 6.89. The zero-order chi connectivity index (χ0) is 16.8. The average Bonchev–Trinajstić information content (AvgIpc) is 2.42. The van der Waals surface area contributed by atoms with Crippen LogP contribution in [0.15, 0.2) is 30.3 Å². The van der Waals surface area contributed by atoms with Gasteiger partial charge in [-0.3, -0.25) is 4.79 Å². The van der Waals surface area contributed by atoms with Gasteiger partial charge < -0.3 is 9.47 Å². The number of hydrogen-bond donors (Lipinski definition) is 1. The molecule has 0 amide bonds. The van der Waals surface area contributed by atoms with Crippen LogP contribution in [0, 0.1) is 0 Å². The molecule has 0 aliphatic heterocycles. The van der Waals surface area contributed by atoms with E-state index in [1.807, 2.05) is 20.8 Å². The highest BCUT2D eigenvalue weighted by atomic mass is 32.2. The minimum Gasteiger partial charge on any atom is -0.468 e. The molecule has 0 fully saturated rings. The Balaban J connectivity index is 2.77. The fraction of sp³-hybridized carbons (Fsp3) is 0.533. The maximum absolute atomic E-state index is 12.2. The van der Waals surface area contributed by atoms with Gasteiger partial charge in [-0.1, -0.05) is 30.3 Å². The zero-order valence-corrected chi connectivity index (χ0v) is 14.1. The number of carbonyl (C=O) groups excluding carboxylic acids is 1. The second kappa shape index (κ2) is 7.71. The van der Waals surface area contributed by atoms with Crippen LogP contribution in [0.1, 0.15) is 26.3 Å². The van der Waals surface area contributed by atoms with Gasteiger partial charge in [-0.15, -0.1) is 0 Å². The topological polar surface area (TPSA) is 81.7 Å². The van der Waals surface area contributed by atoms with Gasteiger partial charge in [0.25, 0.3) is 0 Å². The van der Waals surface area contributed by atoms with Crippen molar-refractivity contribution >= 4 is 16.0 Å². The van der Waals surface area contributed by atoms with Crippen LogP contribution < -0.4 is 4.72 Å². The molecule has 0 aliphatic carbocycles. The van der Waals surface area contributed by atoms with Crippen molar-refractivity contribution < 1.29 is 22.7 Å². The predicted molar refractivity (Wildman–Crippen MR) is 83.7 cm³/mol. The van der Waals surface area contributed by atoms with Crippen LogP contribution in [-0.4, -0.2) is 39.7 Å². The number of esters is 1. The summed E-state index contributed by atoms with van der Waals surface area (Å²) in [6, 6.07) is 7.66. The Morgan fingerprint density at radius 3 is 2.32 bits per heavy atom. The Hall–Kier alpha value is -1.44. The van der Waals surface area contributed by atoms with E-state index < -0.39 is 27.6 Å². The van der Waals surface area contributed by atoms with E-state index in [0.717, 1.165) is 0 Å². The Morgan fingerprint density at radius 2 is 1.82 bits per heavy atom. The Morgan fingerprint density at radius 1 is 1.23 bits per heavy atom. The first-order chi connectivity index (χ1) is 10.1. The summed E-state index contributed by atoms with van der Waals surface area (Å²) in [5.41, 5.74) is 0.146. The van der Waals surface area contributed by atoms with Crippen LogP contribution in [0.4, 0.5) is 0 Å². The van der Waals surface area contributed by atoms with Gasteiger partial charge >= 0.3 is 5.97 Å². The van der Waals surface area contributed by atoms with E-state index >= 15 is 0 Å². The molecule has 0 spiro atoms. The molecule has 0 radical (unpaired) electrons. The third kappa shape index (κ3) is 7.02. The van der Waals surface area contributed by atoms with Crippen LogP contribution in [0.5, 0.6) is 0 Å². The largest absolute Gasteiger partial charge is 0.468 e. The molecule has 7 heteroatoms. The highest BCUT2D eigenvalue weighted by Crippen LogP contribution is 2.10. The molecule has 22 heavy (non-hydrogen) atoms. The molecule has 0 unspecified atom stereocenters. The second-order valence-corrected chi connectivity index (χ2v) is 7.62. The number of hydrogen-bond acceptors (Lipinski definition) is 5. The maximum Gasteiger partial charge on any atom is 0.326 e. The Bertz CT molecular complexity index is 578. The van der Waals surface area contributed by atoms with E-state index in [4.69, 9.17) is 4.74 Å². The molecule has 1 aromatic carbocycles. The van der Waals surface area contributed by atoms with E-state index in [1.54, 1.807) is 30.3 Å². The monoisotopic (exact) mass is 329 g/mol. The van der Waals surface area contributed by atoms with Crippen molar-refractivity contribution in [2.75, 3.05) is 13.7 Å². The maximum atomic E-state index is 12.2. The Kier molecular flexibility index (Phi) is 6.52. The van der Waals surface area contributed by atoms with Gasteiger partial charge in [0.2, 0.25) is 10.0 Å². The van der Waals surface area contributed by atoms with Crippen molar-refractivity contribution in [1.82, 2.24) is 4.72 Å². The van der Waals surface area contributed by atoms with Gasteiger partial charge in [0.05, 0.1) is 25.1 Å². The lowest BCUT2D eigenvalue weighted by atomic mass is 10.2. The molecule has 0 aromatic heterocycles. The minimum atomic E-state index is -3.69. The van der Waals surface area contributed by atoms with Crippen LogP contribution in [0.25, 0.3) is 0 Å². The molecule has 124 valence electrons. The summed E-state index contributed by atoms with van der Waals surface area (Å²) in [6.45, 7) is 5.36. The van der Waals surface area contributed by atoms with E-state index in [0.29, 0.717) is 5.56 Å². The molecule has 1 aromatic rings. The smallest absolute Gasteiger partial charge is 0.326 e. The summed E-state index contributed by atoms with van der Waals surface area (Å²) in [5.74, 6) is -0.891. The molecular formula is C15H23NO5S. The van der Waals surface area contributed by atoms with Crippen molar-refractivity contribution in [2.45, 2.75) is 38.2 Å². The van der Waals surface area contributed by atoms with Crippen molar-refractivity contribution in [2.24, 2.45) is 0 Å². The molecule has 6 nitrogen and oxygen atoms in total. The highest BCUT2D eigenvalue weighted by molar-refractivity contribution is 7.88. The fourth-order valence-electron chi connectivity index (χ4n) is 1.68. The summed E-state index contributed by atoms with van der Waals surface area (Å²) in [6.07, 6.45) is 0. The number of ether oxygens (including phenoxy) is 2. The normalized spacial score (nSPS) is 13.6. The van der Waals surface area contributed by atoms with E-state index in [-0.39, 0.29) is 12.4 Å². The zero-order valence-electron chi connectivity index (χ0n) is 13.3. The van der Waals surface area contributed by atoms with Crippen LogP contribution in [0.2, 0.25) is 0 Å². The van der Waals surface area contributed by atoms with Gasteiger partial charge in [-0.25, -0.2) is 8.42 Å². The van der Waals surface area contributed by atoms with Crippen molar-refractivity contribution in [3.05, 3.63) is 35.9 Å². The predicted octanol–water partition coefficient (Wildman–Crippen LogP) is 1.46. The average molecular weight is 329 g/mol. The molecule has 0 saturated heterocycles. The summed E-state index contributed by atoms with van der Waals surface area (Å²) in [7, 11) is -2.48. The van der Waals surface area contributed by atoms with Crippen LogP contribution >= 0.6 is 0 Å². The first-order valence-corrected chi connectivity index (χ1v) is 8.54. The molecule has 0 saturated carbocycles. The standard InChI is InChI=1S/C15H23NO5S/c1-15(2,3)21-10-13(14(17)20-4)16-22(18,19)11-12-8-6-5-7-9-12/h5-9,13,16H,10-11H2,1-4H3/t13-/m1/s1. The fourth-order valence-corrected chi connectivity index (χ4v) is 2.99. The quantitative estimate of drug-likeness (QED) is 0.766. The number of rotatable bonds is 7. The molecule has 0 heterocycles. The summed E-state index contributed by atoms with van der Waals surface area (Å²) in [5, 5.41) is 0. The Labute approximate surface area is 131 Å². The second-order valence-electron chi connectivity index (χ2n) is 5.86. The van der Waals surface area contributed by atoms with Crippen molar-refractivity contribution in [3.8, 4) is 0 Å². The van der Waals surface area contributed by atoms with Crippen LogP contribution in [-0.2, 0) is 30.0 Å². The SMILES string of the molecule is COC(=O)[C@@H](COC(C)(C)C)NS(=O)(=O)Cc1ccccc1. The number of methoxy groups -OCH3 is 1. The van der Waals surface area contributed by atoms with Crippen molar-refractivity contribution in [1.29, 1.82) is 0 Å². The van der Waals surface area contributed by atoms with Crippen LogP contribution in [0.3, 0.4) is 0 Å². The van der Waals surface area contributed by atoms with Gasteiger partial charge in [0.1, 0.15) is 6.04 Å². The molecule has 0 aliphatic rings. The summed E-state index contributed by atoms with van der Waals surface area (Å²) < 4.78 is 36.8.